The van der Waals surface area contributed by atoms with Crippen LogP contribution in [0.4, 0.5) is 0 Å². The summed E-state index contributed by atoms with van der Waals surface area (Å²) < 4.78 is 16.9. The fraction of sp³-hybridized carbons (Fsp3) is 1.00. The van der Waals surface area contributed by atoms with E-state index in [-0.39, 0.29) is 23.7 Å². The van der Waals surface area contributed by atoms with Gasteiger partial charge in [-0.05, 0) is 13.3 Å². The highest BCUT2D eigenvalue weighted by molar-refractivity contribution is 7.85. The molecular weight excluding hydrogens is 190 g/mol. The summed E-state index contributed by atoms with van der Waals surface area (Å²) in [6.07, 6.45) is 0.227. The fourth-order valence-electron chi connectivity index (χ4n) is 1.44. The second-order valence-electron chi connectivity index (χ2n) is 3.34. The Morgan fingerprint density at radius 2 is 2.46 bits per heavy atom. The van der Waals surface area contributed by atoms with Crippen LogP contribution < -0.4 is 5.73 Å². The smallest absolute Gasteiger partial charge is 0.0777 e. The van der Waals surface area contributed by atoms with Gasteiger partial charge >= 0.3 is 0 Å². The van der Waals surface area contributed by atoms with Crippen molar-refractivity contribution in [1.29, 1.82) is 0 Å². The minimum Gasteiger partial charge on any atom is -0.391 e. The molecule has 0 aromatic heterocycles. The average Bonchev–Trinajstić information content (AvgIpc) is 2.51. The maximum atomic E-state index is 11.6. The summed E-state index contributed by atoms with van der Waals surface area (Å²) in [5.74, 6) is 0.273. The number of nitrogens with two attached hydrogens (primary N) is 1. The van der Waals surface area contributed by atoms with E-state index in [0.29, 0.717) is 6.61 Å². The lowest BCUT2D eigenvalue weighted by molar-refractivity contribution is 0.126. The molecule has 13 heavy (non-hydrogen) atoms. The van der Waals surface area contributed by atoms with Gasteiger partial charge in [0.05, 0.1) is 23.2 Å². The molecule has 0 aliphatic carbocycles. The highest BCUT2D eigenvalue weighted by Crippen LogP contribution is 2.19. The van der Waals surface area contributed by atoms with Gasteiger partial charge in [-0.1, -0.05) is 0 Å². The van der Waals surface area contributed by atoms with Crippen LogP contribution >= 0.6 is 0 Å². The molecule has 0 spiro atoms. The number of ether oxygens (including phenoxy) is 1. The second-order valence-corrected chi connectivity index (χ2v) is 5.04. The summed E-state index contributed by atoms with van der Waals surface area (Å²) in [4.78, 5) is 0. The van der Waals surface area contributed by atoms with E-state index >= 15 is 0 Å². The standard InChI is InChI=1S/C8H17NO3S/c1-6-8(2-3-12-6)13(11)5-7(10)4-9/h6-8,10H,2-5,9H2,1H3. The summed E-state index contributed by atoms with van der Waals surface area (Å²) in [5.41, 5.74) is 5.24. The van der Waals surface area contributed by atoms with E-state index in [1.54, 1.807) is 0 Å². The lowest BCUT2D eigenvalue weighted by Gasteiger charge is -2.15. The Bertz CT molecular complexity index is 188. The van der Waals surface area contributed by atoms with E-state index in [9.17, 15) is 9.32 Å². The molecule has 4 atom stereocenters. The Kier molecular flexibility index (Phi) is 4.31. The number of hydrogen-bond acceptors (Lipinski definition) is 4. The van der Waals surface area contributed by atoms with Crippen molar-refractivity contribution >= 4 is 10.8 Å². The van der Waals surface area contributed by atoms with Gasteiger partial charge in [0, 0.05) is 24.0 Å². The van der Waals surface area contributed by atoms with Crippen LogP contribution in [0.15, 0.2) is 0 Å². The van der Waals surface area contributed by atoms with Crippen molar-refractivity contribution in [2.24, 2.45) is 5.73 Å². The number of hydrogen-bond donors (Lipinski definition) is 2. The van der Waals surface area contributed by atoms with Crippen molar-refractivity contribution < 1.29 is 14.1 Å². The molecule has 0 amide bonds. The lowest BCUT2D eigenvalue weighted by Crippen LogP contribution is -2.33. The Hall–Kier alpha value is 0.0300. The molecule has 1 aliphatic heterocycles. The molecule has 0 aromatic carbocycles. The number of aliphatic hydroxyl groups is 1. The Morgan fingerprint density at radius 3 is 2.92 bits per heavy atom. The monoisotopic (exact) mass is 207 g/mol. The summed E-state index contributed by atoms with van der Waals surface area (Å²) in [5, 5.41) is 9.29. The van der Waals surface area contributed by atoms with E-state index in [0.717, 1.165) is 6.42 Å². The highest BCUT2D eigenvalue weighted by atomic mass is 32.2. The largest absolute Gasteiger partial charge is 0.391 e. The maximum absolute atomic E-state index is 11.6. The molecule has 78 valence electrons. The van der Waals surface area contributed by atoms with Gasteiger partial charge in [-0.3, -0.25) is 4.21 Å². The Morgan fingerprint density at radius 1 is 1.77 bits per heavy atom. The van der Waals surface area contributed by atoms with Gasteiger partial charge in [0.1, 0.15) is 0 Å². The first-order chi connectivity index (χ1) is 6.15. The SMILES string of the molecule is CC1OCCC1S(=O)CC(O)CN. The van der Waals surface area contributed by atoms with Crippen LogP contribution in [-0.4, -0.2) is 45.7 Å². The van der Waals surface area contributed by atoms with Gasteiger partial charge in [-0.25, -0.2) is 0 Å². The van der Waals surface area contributed by atoms with Gasteiger partial charge in [-0.2, -0.15) is 0 Å². The second kappa shape index (κ2) is 5.05. The molecule has 5 heteroatoms. The third-order valence-corrected chi connectivity index (χ3v) is 4.28. The van der Waals surface area contributed by atoms with Crippen molar-refractivity contribution in [3.63, 3.8) is 0 Å². The van der Waals surface area contributed by atoms with Crippen LogP contribution in [0.3, 0.4) is 0 Å². The summed E-state index contributed by atoms with van der Waals surface area (Å²) >= 11 is 0. The molecule has 1 saturated heterocycles. The maximum Gasteiger partial charge on any atom is 0.0777 e. The van der Waals surface area contributed by atoms with E-state index < -0.39 is 16.9 Å². The van der Waals surface area contributed by atoms with Crippen LogP contribution in [0, 0.1) is 0 Å². The van der Waals surface area contributed by atoms with E-state index in [1.807, 2.05) is 6.92 Å². The zero-order valence-electron chi connectivity index (χ0n) is 7.81. The molecule has 1 rings (SSSR count). The topological polar surface area (TPSA) is 72.5 Å². The normalized spacial score (nSPS) is 33.2. The molecule has 3 N–H and O–H groups in total. The molecular formula is C8H17NO3S. The molecule has 0 bridgehead atoms. The molecule has 0 saturated carbocycles. The molecule has 1 fully saturated rings. The first kappa shape index (κ1) is 11.1. The first-order valence-electron chi connectivity index (χ1n) is 4.52. The van der Waals surface area contributed by atoms with E-state index in [1.165, 1.54) is 0 Å². The summed E-state index contributed by atoms with van der Waals surface area (Å²) in [6.45, 7) is 2.77. The average molecular weight is 207 g/mol. The molecule has 0 aromatic rings. The van der Waals surface area contributed by atoms with Crippen LogP contribution in [0.1, 0.15) is 13.3 Å². The molecule has 0 radical (unpaired) electrons. The van der Waals surface area contributed by atoms with Crippen LogP contribution in [0.5, 0.6) is 0 Å². The van der Waals surface area contributed by atoms with Crippen molar-refractivity contribution in [1.82, 2.24) is 0 Å². The number of rotatable bonds is 4. The molecule has 4 nitrogen and oxygen atoms in total. The molecule has 4 unspecified atom stereocenters. The lowest BCUT2D eigenvalue weighted by atomic mass is 10.3. The zero-order chi connectivity index (χ0) is 9.84. The Balaban J connectivity index is 2.38. The quantitative estimate of drug-likeness (QED) is 0.635. The Labute approximate surface area is 80.9 Å². The minimum atomic E-state index is -1.01. The minimum absolute atomic E-state index is 0.0470. The van der Waals surface area contributed by atoms with Gasteiger partial charge in [-0.15, -0.1) is 0 Å². The summed E-state index contributed by atoms with van der Waals surface area (Å²) in [7, 11) is -1.01. The molecule has 1 aliphatic rings. The highest BCUT2D eigenvalue weighted by Gasteiger charge is 2.30. The number of aliphatic hydroxyl groups excluding tert-OH is 1. The van der Waals surface area contributed by atoms with Gasteiger partial charge in [0.25, 0.3) is 0 Å². The van der Waals surface area contributed by atoms with Gasteiger partial charge in [0.2, 0.25) is 0 Å². The van der Waals surface area contributed by atoms with Crippen molar-refractivity contribution in [2.45, 2.75) is 30.8 Å². The predicted octanol–water partition coefficient (Wildman–Crippen LogP) is -0.768. The summed E-state index contributed by atoms with van der Waals surface area (Å²) in [6, 6.07) is 0. The van der Waals surface area contributed by atoms with Crippen LogP contribution in [0.2, 0.25) is 0 Å². The zero-order valence-corrected chi connectivity index (χ0v) is 8.63. The van der Waals surface area contributed by atoms with Gasteiger partial charge < -0.3 is 15.6 Å². The predicted molar refractivity (Wildman–Crippen MR) is 51.9 cm³/mol. The van der Waals surface area contributed by atoms with Crippen molar-refractivity contribution in [2.75, 3.05) is 18.9 Å². The van der Waals surface area contributed by atoms with E-state index in [4.69, 9.17) is 10.5 Å². The first-order valence-corrected chi connectivity index (χ1v) is 5.90. The third-order valence-electron chi connectivity index (χ3n) is 2.27. The third kappa shape index (κ3) is 3.02. The fourth-order valence-corrected chi connectivity index (χ4v) is 3.07. The van der Waals surface area contributed by atoms with E-state index in [2.05, 4.69) is 0 Å². The van der Waals surface area contributed by atoms with Crippen molar-refractivity contribution in [3.05, 3.63) is 0 Å². The molecule has 1 heterocycles. The van der Waals surface area contributed by atoms with Crippen LogP contribution in [0.25, 0.3) is 0 Å². The van der Waals surface area contributed by atoms with Crippen LogP contribution in [-0.2, 0) is 15.5 Å². The van der Waals surface area contributed by atoms with Gasteiger partial charge in [0.15, 0.2) is 0 Å². The van der Waals surface area contributed by atoms with Crippen molar-refractivity contribution in [3.8, 4) is 0 Å².